The van der Waals surface area contributed by atoms with Crippen LogP contribution >= 0.6 is 10.6 Å². The Morgan fingerprint density at radius 1 is 1.24 bits per heavy atom. The van der Waals surface area contributed by atoms with Crippen molar-refractivity contribution in [3.8, 4) is 0 Å². The van der Waals surface area contributed by atoms with Crippen LogP contribution in [0.25, 0.3) is 0 Å². The third-order valence-electron chi connectivity index (χ3n) is 5.10. The summed E-state index contributed by atoms with van der Waals surface area (Å²) < 4.78 is 34.8. The third-order valence-corrected chi connectivity index (χ3v) is 7.91. The molecule has 0 radical (unpaired) electrons. The Morgan fingerprint density at radius 2 is 1.93 bits per heavy atom. The molecule has 0 spiro atoms. The van der Waals surface area contributed by atoms with Gasteiger partial charge in [-0.1, -0.05) is 0 Å². The molecule has 8 nitrogen and oxygen atoms in total. The van der Waals surface area contributed by atoms with E-state index in [1.165, 1.54) is 30.6 Å². The predicted octanol–water partition coefficient (Wildman–Crippen LogP) is 3.29. The molecule has 0 unspecified atom stereocenters. The molecule has 1 aromatic carbocycles. The van der Waals surface area contributed by atoms with Crippen LogP contribution in [-0.4, -0.2) is 41.3 Å². The lowest BCUT2D eigenvalue weighted by Gasteiger charge is -2.53. The van der Waals surface area contributed by atoms with Gasteiger partial charge in [0.2, 0.25) is 0 Å². The van der Waals surface area contributed by atoms with Crippen LogP contribution < -0.4 is 11.1 Å². The number of aryl methyl sites for hydroxylation is 1. The van der Waals surface area contributed by atoms with Crippen molar-refractivity contribution in [1.29, 1.82) is 0 Å². The van der Waals surface area contributed by atoms with Crippen LogP contribution in [0.3, 0.4) is 0 Å². The topological polar surface area (TPSA) is 134 Å². The van der Waals surface area contributed by atoms with Gasteiger partial charge in [-0.2, -0.15) is 10.6 Å². The van der Waals surface area contributed by atoms with E-state index >= 15 is 0 Å². The summed E-state index contributed by atoms with van der Waals surface area (Å²) in [4.78, 5) is 24.8. The van der Waals surface area contributed by atoms with E-state index in [4.69, 9.17) is 5.73 Å². The number of amidine groups is 1. The molecule has 3 rings (SSSR count). The summed E-state index contributed by atoms with van der Waals surface area (Å²) in [5.74, 6) is -1.25. The number of aliphatic imine (C=N–C) groups is 1. The molecule has 2 heterocycles. The second-order valence-electron chi connectivity index (χ2n) is 7.78. The van der Waals surface area contributed by atoms with E-state index in [-0.39, 0.29) is 22.8 Å². The minimum Gasteiger partial charge on any atom is -0.386 e. The van der Waals surface area contributed by atoms with Gasteiger partial charge < -0.3 is 11.1 Å². The highest BCUT2D eigenvalue weighted by molar-refractivity contribution is 8.26. The number of nitrogens with zero attached hydrogens (tertiary/aromatic N) is 3. The summed E-state index contributed by atoms with van der Waals surface area (Å²) in [6, 6.07) is 4.01. The number of amides is 1. The Balaban J connectivity index is 1.96. The minimum atomic E-state index is -3.19. The average molecular weight is 421 g/mol. The van der Waals surface area contributed by atoms with Crippen molar-refractivity contribution < 1.29 is 18.3 Å². The van der Waals surface area contributed by atoms with Gasteiger partial charge in [-0.05, 0) is 45.9 Å². The lowest BCUT2D eigenvalue weighted by atomic mass is 9.92. The van der Waals surface area contributed by atoms with E-state index in [9.17, 15) is 18.3 Å². The molecule has 29 heavy (non-hydrogen) atoms. The summed E-state index contributed by atoms with van der Waals surface area (Å²) in [5.41, 5.74) is 5.90. The van der Waals surface area contributed by atoms with Gasteiger partial charge in [-0.3, -0.25) is 23.9 Å². The van der Waals surface area contributed by atoms with Gasteiger partial charge in [-0.25, -0.2) is 9.37 Å². The minimum absolute atomic E-state index is 0.0371. The van der Waals surface area contributed by atoms with Crippen LogP contribution in [0.1, 0.15) is 42.5 Å². The number of nitrogens with two attached hydrogens (primary N) is 1. The quantitative estimate of drug-likeness (QED) is 0.601. The number of carbonyl (C=O) groups is 1. The van der Waals surface area contributed by atoms with Crippen molar-refractivity contribution in [2.45, 2.75) is 38.0 Å². The molecule has 156 valence electrons. The van der Waals surface area contributed by atoms with Gasteiger partial charge in [-0.15, -0.1) is 0 Å². The van der Waals surface area contributed by atoms with Gasteiger partial charge in [0.05, 0.1) is 17.6 Å². The number of carbonyl (C=O) groups excluding carboxylic acids is 1. The second kappa shape index (κ2) is 7.05. The molecule has 0 saturated heterocycles. The summed E-state index contributed by atoms with van der Waals surface area (Å²) in [7, 11) is -3.19. The van der Waals surface area contributed by atoms with Crippen LogP contribution in [0.4, 0.5) is 10.1 Å². The molecular weight excluding hydrogens is 397 g/mol. The van der Waals surface area contributed by atoms with Crippen molar-refractivity contribution in [3.05, 3.63) is 53.4 Å². The molecule has 5 N–H and O–H groups in total. The Morgan fingerprint density at radius 3 is 2.52 bits per heavy atom. The number of halogens is 1. The zero-order chi connectivity index (χ0) is 21.6. The Hall–Kier alpha value is -2.56. The first-order chi connectivity index (χ1) is 13.4. The van der Waals surface area contributed by atoms with Gasteiger partial charge in [0.25, 0.3) is 5.91 Å². The van der Waals surface area contributed by atoms with Gasteiger partial charge in [0, 0.05) is 17.4 Å². The second-order valence-corrected chi connectivity index (χ2v) is 10.4. The average Bonchev–Trinajstić information content (AvgIpc) is 2.62. The molecule has 0 aliphatic carbocycles. The summed E-state index contributed by atoms with van der Waals surface area (Å²) in [6.07, 6.45) is 2.82. The first-order valence-electron chi connectivity index (χ1n) is 8.87. The molecule has 1 aromatic heterocycles. The van der Waals surface area contributed by atoms with Gasteiger partial charge >= 0.3 is 0 Å². The van der Waals surface area contributed by atoms with E-state index in [0.29, 0.717) is 11.4 Å². The van der Waals surface area contributed by atoms with Gasteiger partial charge in [0.15, 0.2) is 0 Å². The van der Waals surface area contributed by atoms with Crippen molar-refractivity contribution in [3.63, 3.8) is 0 Å². The number of anilines is 1. The molecular formula is C19H24FN5O3S. The molecule has 0 fully saturated rings. The Labute approximate surface area is 169 Å². The highest BCUT2D eigenvalue weighted by atomic mass is 32.3. The zero-order valence-electron chi connectivity index (χ0n) is 16.6. The molecule has 0 bridgehead atoms. The lowest BCUT2D eigenvalue weighted by Crippen LogP contribution is -2.52. The van der Waals surface area contributed by atoms with Crippen molar-refractivity contribution >= 4 is 28.0 Å². The largest absolute Gasteiger partial charge is 0.386 e. The van der Waals surface area contributed by atoms with Crippen molar-refractivity contribution in [2.75, 3.05) is 11.1 Å². The lowest BCUT2D eigenvalue weighted by molar-refractivity contribution is 0.102. The predicted molar refractivity (Wildman–Crippen MR) is 112 cm³/mol. The smallest absolute Gasteiger partial charge is 0.275 e. The van der Waals surface area contributed by atoms with E-state index in [1.807, 2.05) is 0 Å². The first-order valence-corrected chi connectivity index (χ1v) is 10.6. The number of hydrogen-bond acceptors (Lipinski definition) is 7. The fraction of sp³-hybridized carbons (Fsp3) is 0.368. The van der Waals surface area contributed by atoms with Crippen molar-refractivity contribution in [1.82, 2.24) is 9.97 Å². The monoisotopic (exact) mass is 421 g/mol. The maximum Gasteiger partial charge on any atom is 0.275 e. The Kier molecular flexibility index (Phi) is 5.14. The summed E-state index contributed by atoms with van der Waals surface area (Å²) >= 11 is 0. The van der Waals surface area contributed by atoms with E-state index in [2.05, 4.69) is 20.3 Å². The fourth-order valence-electron chi connectivity index (χ4n) is 3.03. The van der Waals surface area contributed by atoms with Gasteiger partial charge in [0.1, 0.15) is 27.6 Å². The molecule has 1 amide bonds. The van der Waals surface area contributed by atoms with Crippen LogP contribution in [0.15, 0.2) is 35.6 Å². The standard InChI is InChI=1S/C19H24FN5O3S/c1-11-8-23-15(9-22-11)16(26)24-12-5-6-14(20)13(7-12)19(4)10-29(27,28)18(2,3)17(21)25-19/h5-9,27-28H,10H2,1-4H3,(H2,21,25)(H,24,26)/t19-/m0/s1. The SMILES string of the molecule is Cc1cnc(C(=O)Nc2ccc(F)c([C@]3(C)CS(O)(O)C(C)(C)C(N)=N3)c2)cn1. The zero-order valence-corrected chi connectivity index (χ0v) is 17.4. The van der Waals surface area contributed by atoms with E-state index in [0.717, 1.165) is 0 Å². The fourth-order valence-corrected chi connectivity index (χ4v) is 4.78. The van der Waals surface area contributed by atoms with Crippen LogP contribution in [-0.2, 0) is 5.54 Å². The molecule has 2 aromatic rings. The molecule has 1 aliphatic rings. The third kappa shape index (κ3) is 3.83. The molecule has 1 atom stereocenters. The molecule has 1 aliphatic heterocycles. The molecule has 0 saturated carbocycles. The highest BCUT2D eigenvalue weighted by Crippen LogP contribution is 2.59. The maximum absolute atomic E-state index is 14.7. The van der Waals surface area contributed by atoms with Crippen molar-refractivity contribution in [2.24, 2.45) is 10.7 Å². The van der Waals surface area contributed by atoms with Crippen LogP contribution in [0.5, 0.6) is 0 Å². The first kappa shape index (κ1) is 21.2. The number of hydrogen-bond donors (Lipinski definition) is 4. The maximum atomic E-state index is 14.7. The summed E-state index contributed by atoms with van der Waals surface area (Å²) in [5, 5.41) is 2.64. The summed E-state index contributed by atoms with van der Waals surface area (Å²) in [6.45, 7) is 6.52. The van der Waals surface area contributed by atoms with Crippen LogP contribution in [0, 0.1) is 12.7 Å². The highest BCUT2D eigenvalue weighted by Gasteiger charge is 2.49. The Bertz CT molecular complexity index is 994. The number of nitrogens with one attached hydrogen (secondary N) is 1. The van der Waals surface area contributed by atoms with Crippen LogP contribution in [0.2, 0.25) is 0 Å². The number of rotatable bonds is 3. The normalized spacial score (nSPS) is 23.8. The van der Waals surface area contributed by atoms with E-state index in [1.54, 1.807) is 27.7 Å². The number of aromatic nitrogens is 2. The van der Waals surface area contributed by atoms with E-state index < -0.39 is 32.6 Å². The number of benzene rings is 1. The molecule has 10 heteroatoms.